The van der Waals surface area contributed by atoms with Gasteiger partial charge in [0.25, 0.3) is 0 Å². The van der Waals surface area contributed by atoms with Gasteiger partial charge in [-0.1, -0.05) is 81.3 Å². The van der Waals surface area contributed by atoms with E-state index in [-0.39, 0.29) is 17.1 Å². The predicted octanol–water partition coefficient (Wildman–Crippen LogP) is 8.95. The summed E-state index contributed by atoms with van der Waals surface area (Å²) in [5, 5.41) is 0. The smallest absolute Gasteiger partial charge is 0.346 e. The van der Waals surface area contributed by atoms with E-state index in [0.717, 1.165) is 43.2 Å². The first-order valence-electron chi connectivity index (χ1n) is 12.6. The minimum atomic E-state index is -1.26. The van der Waals surface area contributed by atoms with Crippen LogP contribution in [0.2, 0.25) is 0 Å². The third-order valence-corrected chi connectivity index (χ3v) is 6.33. The monoisotopic (exact) mass is 502 g/mol. The van der Waals surface area contributed by atoms with Gasteiger partial charge in [0.1, 0.15) is 11.6 Å². The average molecular weight is 503 g/mol. The van der Waals surface area contributed by atoms with Crippen molar-refractivity contribution in [3.8, 4) is 28.0 Å². The second-order valence-corrected chi connectivity index (χ2v) is 9.07. The Kier molecular flexibility index (Phi) is 8.44. The zero-order valence-electron chi connectivity index (χ0n) is 21.0. The summed E-state index contributed by atoms with van der Waals surface area (Å²) in [5.41, 5.74) is 3.21. The lowest BCUT2D eigenvalue weighted by Crippen LogP contribution is -2.12. The number of benzene rings is 4. The van der Waals surface area contributed by atoms with Gasteiger partial charge in [-0.3, -0.25) is 0 Å². The molecule has 37 heavy (non-hydrogen) atoms. The topological polar surface area (TPSA) is 26.3 Å². The molecule has 0 amide bonds. The molecule has 4 aromatic carbocycles. The normalized spacial score (nSPS) is 10.9. The number of carbonyl (C=O) groups excluding carboxylic acids is 1. The molecule has 0 spiro atoms. The van der Waals surface area contributed by atoms with Crippen LogP contribution in [0.25, 0.3) is 22.3 Å². The molecular weight excluding hydrogens is 473 g/mol. The molecule has 0 bridgehead atoms. The number of esters is 1. The molecular formula is C32H29F3O2. The number of carbonyl (C=O) groups is 1. The predicted molar refractivity (Wildman–Crippen MR) is 141 cm³/mol. The largest absolute Gasteiger partial charge is 0.423 e. The summed E-state index contributed by atoms with van der Waals surface area (Å²) >= 11 is 0. The van der Waals surface area contributed by atoms with Crippen LogP contribution in [0.3, 0.4) is 0 Å². The third-order valence-electron chi connectivity index (χ3n) is 6.33. The summed E-state index contributed by atoms with van der Waals surface area (Å²) < 4.78 is 49.6. The molecule has 2 nitrogen and oxygen atoms in total. The Labute approximate surface area is 215 Å². The number of rotatable bonds is 9. The minimum Gasteiger partial charge on any atom is -0.423 e. The second kappa shape index (κ2) is 11.9. The van der Waals surface area contributed by atoms with Crippen molar-refractivity contribution >= 4 is 5.97 Å². The van der Waals surface area contributed by atoms with Crippen molar-refractivity contribution in [2.45, 2.75) is 46.0 Å². The second-order valence-electron chi connectivity index (χ2n) is 9.07. The molecule has 0 heterocycles. The maximum atomic E-state index is 14.9. The molecule has 0 radical (unpaired) electrons. The van der Waals surface area contributed by atoms with E-state index in [1.807, 2.05) is 18.2 Å². The van der Waals surface area contributed by atoms with Crippen LogP contribution < -0.4 is 4.74 Å². The quantitative estimate of drug-likeness (QED) is 0.169. The van der Waals surface area contributed by atoms with Crippen LogP contribution in [0.1, 0.15) is 54.6 Å². The van der Waals surface area contributed by atoms with E-state index in [1.165, 1.54) is 24.3 Å². The van der Waals surface area contributed by atoms with Gasteiger partial charge in [-0.05, 0) is 65.8 Å². The number of hydrogen-bond donors (Lipinski definition) is 0. The van der Waals surface area contributed by atoms with Crippen LogP contribution in [-0.2, 0) is 12.8 Å². The molecule has 0 saturated heterocycles. The molecule has 190 valence electrons. The average Bonchev–Trinajstić information content (AvgIpc) is 2.90. The van der Waals surface area contributed by atoms with Crippen molar-refractivity contribution in [1.82, 2.24) is 0 Å². The molecule has 0 unspecified atom stereocenters. The maximum Gasteiger partial charge on any atom is 0.346 e. The summed E-state index contributed by atoms with van der Waals surface area (Å²) in [6.45, 7) is 4.16. The summed E-state index contributed by atoms with van der Waals surface area (Å²) in [5.74, 6) is -3.56. The number of halogens is 3. The van der Waals surface area contributed by atoms with Crippen molar-refractivity contribution < 1.29 is 22.7 Å². The summed E-state index contributed by atoms with van der Waals surface area (Å²) in [7, 11) is 0. The molecule has 0 fully saturated rings. The van der Waals surface area contributed by atoms with E-state index in [1.54, 1.807) is 36.4 Å². The molecule has 0 aromatic heterocycles. The van der Waals surface area contributed by atoms with E-state index in [4.69, 9.17) is 4.74 Å². The van der Waals surface area contributed by atoms with E-state index in [2.05, 4.69) is 13.8 Å². The minimum absolute atomic E-state index is 0.0733. The van der Waals surface area contributed by atoms with Gasteiger partial charge in [0.2, 0.25) is 0 Å². The fourth-order valence-corrected chi connectivity index (χ4v) is 4.26. The van der Waals surface area contributed by atoms with Gasteiger partial charge in [-0.25, -0.2) is 18.0 Å². The first-order valence-corrected chi connectivity index (χ1v) is 12.6. The Bertz CT molecular complexity index is 1380. The molecule has 5 heteroatoms. The highest BCUT2D eigenvalue weighted by Gasteiger charge is 2.21. The summed E-state index contributed by atoms with van der Waals surface area (Å²) in [4.78, 5) is 12.6. The lowest BCUT2D eigenvalue weighted by Gasteiger charge is -2.10. The molecule has 0 aliphatic heterocycles. The zero-order valence-corrected chi connectivity index (χ0v) is 21.0. The van der Waals surface area contributed by atoms with Crippen molar-refractivity contribution in [2.75, 3.05) is 0 Å². The first kappa shape index (κ1) is 26.2. The lowest BCUT2D eigenvalue weighted by atomic mass is 10.00. The highest BCUT2D eigenvalue weighted by molar-refractivity contribution is 5.92. The first-order chi connectivity index (χ1) is 17.9. The van der Waals surface area contributed by atoms with Gasteiger partial charge < -0.3 is 4.74 Å². The van der Waals surface area contributed by atoms with Crippen LogP contribution in [0.15, 0.2) is 78.9 Å². The van der Waals surface area contributed by atoms with Gasteiger partial charge in [-0.2, -0.15) is 0 Å². The molecule has 0 aliphatic rings. The SMILES string of the molecule is CCCCc1ccc(-c2ccc(OC(=O)c3ccc(-c4ccc(CCC)cc4)c(F)c3F)cc2)c(F)c1. The van der Waals surface area contributed by atoms with Crippen LogP contribution in [0.5, 0.6) is 5.75 Å². The Morgan fingerprint density at radius 1 is 0.676 bits per heavy atom. The Hall–Kier alpha value is -3.86. The van der Waals surface area contributed by atoms with Gasteiger partial charge in [0.05, 0.1) is 5.56 Å². The Morgan fingerprint density at radius 2 is 1.30 bits per heavy atom. The van der Waals surface area contributed by atoms with Crippen molar-refractivity contribution in [3.63, 3.8) is 0 Å². The van der Waals surface area contributed by atoms with Crippen LogP contribution in [0.4, 0.5) is 13.2 Å². The molecule has 0 saturated carbocycles. The zero-order chi connectivity index (χ0) is 26.4. The maximum absolute atomic E-state index is 14.9. The van der Waals surface area contributed by atoms with Crippen molar-refractivity contribution in [1.29, 1.82) is 0 Å². The van der Waals surface area contributed by atoms with Crippen molar-refractivity contribution in [2.24, 2.45) is 0 Å². The highest BCUT2D eigenvalue weighted by atomic mass is 19.2. The summed E-state index contributed by atoms with van der Waals surface area (Å²) in [6, 6.07) is 21.3. The molecule has 0 atom stereocenters. The highest BCUT2D eigenvalue weighted by Crippen LogP contribution is 2.29. The number of ether oxygens (including phenoxy) is 1. The van der Waals surface area contributed by atoms with E-state index >= 15 is 0 Å². The molecule has 0 aliphatic carbocycles. The number of aryl methyl sites for hydroxylation is 2. The Balaban J connectivity index is 1.48. The van der Waals surface area contributed by atoms with Crippen LogP contribution in [-0.4, -0.2) is 5.97 Å². The molecule has 4 aromatic rings. The van der Waals surface area contributed by atoms with E-state index < -0.39 is 23.2 Å². The number of unbranched alkanes of at least 4 members (excludes halogenated alkanes) is 1. The van der Waals surface area contributed by atoms with Crippen LogP contribution in [0, 0.1) is 17.5 Å². The summed E-state index contributed by atoms with van der Waals surface area (Å²) in [6.07, 6.45) is 4.76. The van der Waals surface area contributed by atoms with Crippen molar-refractivity contribution in [3.05, 3.63) is 113 Å². The van der Waals surface area contributed by atoms with E-state index in [9.17, 15) is 18.0 Å². The fourth-order valence-electron chi connectivity index (χ4n) is 4.26. The fraction of sp³-hybridized carbons (Fsp3) is 0.219. The van der Waals surface area contributed by atoms with Gasteiger partial charge >= 0.3 is 5.97 Å². The Morgan fingerprint density at radius 3 is 1.95 bits per heavy atom. The lowest BCUT2D eigenvalue weighted by molar-refractivity contribution is 0.0728. The van der Waals surface area contributed by atoms with Gasteiger partial charge in [0.15, 0.2) is 11.6 Å². The van der Waals surface area contributed by atoms with Gasteiger partial charge in [0, 0.05) is 11.1 Å². The number of hydrogen-bond acceptors (Lipinski definition) is 2. The standard InChI is InChI=1S/C32H29F3O2/c1-3-5-7-22-10-17-26(29(33)20-22)23-13-15-25(16-14-23)37-32(36)28-19-18-27(30(34)31(28)35)24-11-8-21(6-4-2)9-12-24/h8-20H,3-7H2,1-2H3. The molecule has 4 rings (SSSR count). The third kappa shape index (κ3) is 6.11. The molecule has 0 N–H and O–H groups in total. The van der Waals surface area contributed by atoms with Crippen LogP contribution >= 0.6 is 0 Å². The van der Waals surface area contributed by atoms with E-state index in [0.29, 0.717) is 16.7 Å². The van der Waals surface area contributed by atoms with Gasteiger partial charge in [-0.15, -0.1) is 0 Å².